The Hall–Kier alpha value is -7.60. The lowest BCUT2D eigenvalue weighted by Gasteiger charge is -2.36. The number of carbonyl (C=O) groups is 5. The van der Waals surface area contributed by atoms with Crippen LogP contribution in [0.1, 0.15) is 61.0 Å². The number of aryl methyl sites for hydroxylation is 2. The number of anilines is 1. The topological polar surface area (TPSA) is 253 Å². The molecule has 2 aliphatic heterocycles. The van der Waals surface area contributed by atoms with Crippen molar-refractivity contribution in [3.63, 3.8) is 0 Å². The van der Waals surface area contributed by atoms with E-state index in [4.69, 9.17) is 35.6 Å². The van der Waals surface area contributed by atoms with Gasteiger partial charge >= 0.3 is 0 Å². The summed E-state index contributed by atoms with van der Waals surface area (Å²) in [6, 6.07) is 26.6. The van der Waals surface area contributed by atoms with Crippen LogP contribution in [-0.4, -0.2) is 156 Å². The maximum atomic E-state index is 14.4. The van der Waals surface area contributed by atoms with Crippen LogP contribution in [0.3, 0.4) is 0 Å². The van der Waals surface area contributed by atoms with Crippen LogP contribution in [-0.2, 0) is 51.1 Å². The summed E-state index contributed by atoms with van der Waals surface area (Å²) in [5, 5.41) is 37.9. The third-order valence-corrected chi connectivity index (χ3v) is 14.8. The molecule has 1 saturated heterocycles. The number of ether oxygens (including phenoxy) is 4. The SMILES string of the molecule is COc1ccc2c(c1)C(c1ccc(Cl)cc1)=NN(CC(=O)NCCOCCOCCOCC(=O)N[C@@H](Cc1ccccc1)C(=O)N[C@H](C(=O)N1C[C@H](O)C[C@H]1C(=O)NCc1ccc(-c3scnc3C)cc1)C(C)(C)C)c1nnc(C)n1-2. The summed E-state index contributed by atoms with van der Waals surface area (Å²) in [6.07, 6.45) is -0.801. The van der Waals surface area contributed by atoms with Crippen molar-refractivity contribution >= 4 is 64.1 Å². The molecule has 0 radical (unpaired) electrons. The smallest absolute Gasteiger partial charge is 0.252 e. The second-order valence-electron chi connectivity index (χ2n) is 20.6. The number of hydrogen-bond donors (Lipinski definition) is 5. The summed E-state index contributed by atoms with van der Waals surface area (Å²) < 4.78 is 24.3. The predicted octanol–water partition coefficient (Wildman–Crippen LogP) is 4.94. The second-order valence-corrected chi connectivity index (χ2v) is 21.9. The zero-order valence-electron chi connectivity index (χ0n) is 46.1. The lowest BCUT2D eigenvalue weighted by molar-refractivity contribution is -0.144. The van der Waals surface area contributed by atoms with Crippen molar-refractivity contribution in [1.82, 2.24) is 45.9 Å². The van der Waals surface area contributed by atoms with Crippen LogP contribution in [0, 0.1) is 19.3 Å². The fraction of sp³-hybridized carbons (Fsp3) is 0.397. The molecule has 23 heteroatoms. The fourth-order valence-electron chi connectivity index (χ4n) is 9.35. The fourth-order valence-corrected chi connectivity index (χ4v) is 10.3. The highest BCUT2D eigenvalue weighted by molar-refractivity contribution is 7.13. The van der Waals surface area contributed by atoms with Gasteiger partial charge in [0.25, 0.3) is 5.95 Å². The molecule has 4 atom stereocenters. The highest BCUT2D eigenvalue weighted by Gasteiger charge is 2.45. The number of nitrogens with zero attached hydrogens (tertiary/aromatic N) is 7. The number of likely N-dealkylation sites (tertiary alicyclic amines) is 1. The molecule has 0 bridgehead atoms. The Morgan fingerprint density at radius 3 is 2.21 bits per heavy atom. The van der Waals surface area contributed by atoms with Crippen LogP contribution < -0.4 is 31.0 Å². The van der Waals surface area contributed by atoms with Crippen LogP contribution in [0.25, 0.3) is 16.1 Å². The van der Waals surface area contributed by atoms with Crippen molar-refractivity contribution < 1.29 is 48.0 Å². The number of benzene rings is 4. The van der Waals surface area contributed by atoms with E-state index in [-0.39, 0.29) is 84.6 Å². The van der Waals surface area contributed by atoms with E-state index in [1.807, 2.05) is 103 Å². The molecule has 4 heterocycles. The third-order valence-electron chi connectivity index (χ3n) is 13.5. The first kappa shape index (κ1) is 59.5. The second kappa shape index (κ2) is 27.7. The number of amides is 5. The van der Waals surface area contributed by atoms with Crippen molar-refractivity contribution in [2.75, 3.05) is 71.4 Å². The Morgan fingerprint density at radius 1 is 0.815 bits per heavy atom. The summed E-state index contributed by atoms with van der Waals surface area (Å²) in [4.78, 5) is 75.7. The number of aliphatic hydroxyl groups is 1. The molecule has 5 N–H and O–H groups in total. The summed E-state index contributed by atoms with van der Waals surface area (Å²) in [7, 11) is 1.59. The summed E-state index contributed by atoms with van der Waals surface area (Å²) >= 11 is 7.78. The minimum Gasteiger partial charge on any atom is -0.497 e. The van der Waals surface area contributed by atoms with Crippen LogP contribution in [0.4, 0.5) is 5.95 Å². The first-order valence-electron chi connectivity index (χ1n) is 26.6. The number of hydrogen-bond acceptors (Lipinski definition) is 16. The van der Waals surface area contributed by atoms with Crippen molar-refractivity contribution in [2.24, 2.45) is 10.5 Å². The van der Waals surface area contributed by atoms with Gasteiger partial charge in [-0.25, -0.2) is 9.99 Å². The van der Waals surface area contributed by atoms with Crippen LogP contribution in [0.2, 0.25) is 5.02 Å². The monoisotopic (exact) mass is 1150 g/mol. The van der Waals surface area contributed by atoms with Gasteiger partial charge in [-0.15, -0.1) is 21.5 Å². The molecule has 21 nitrogen and oxygen atoms in total. The number of rotatable bonds is 25. The molecule has 428 valence electrons. The molecule has 0 aliphatic carbocycles. The van der Waals surface area contributed by atoms with E-state index < -0.39 is 53.3 Å². The lowest BCUT2D eigenvalue weighted by Crippen LogP contribution is -2.60. The molecule has 0 saturated carbocycles. The first-order chi connectivity index (χ1) is 39.0. The molecule has 2 aliphatic rings. The Balaban J connectivity index is 0.767. The van der Waals surface area contributed by atoms with Crippen LogP contribution >= 0.6 is 22.9 Å². The number of thiazole rings is 1. The Kier molecular flexibility index (Phi) is 20.4. The molecule has 2 aromatic heterocycles. The summed E-state index contributed by atoms with van der Waals surface area (Å²) in [5.74, 6) is -0.847. The average Bonchev–Trinajstić information content (AvgIpc) is 4.20. The molecule has 81 heavy (non-hydrogen) atoms. The van der Waals surface area contributed by atoms with Gasteiger partial charge in [0.2, 0.25) is 29.5 Å². The van der Waals surface area contributed by atoms with Crippen molar-refractivity contribution in [3.05, 3.63) is 141 Å². The number of halogens is 1. The van der Waals surface area contributed by atoms with E-state index in [0.717, 1.165) is 44.1 Å². The van der Waals surface area contributed by atoms with Crippen LogP contribution in [0.5, 0.6) is 5.75 Å². The largest absolute Gasteiger partial charge is 0.497 e. The van der Waals surface area contributed by atoms with Gasteiger partial charge in [0.05, 0.1) is 68.0 Å². The quantitative estimate of drug-likeness (QED) is 0.0476. The van der Waals surface area contributed by atoms with Gasteiger partial charge in [0.1, 0.15) is 48.6 Å². The Bertz CT molecular complexity index is 3170. The molecule has 4 aromatic carbocycles. The zero-order valence-corrected chi connectivity index (χ0v) is 47.7. The molecule has 0 unspecified atom stereocenters. The number of methoxy groups -OCH3 is 1. The molecule has 6 aromatic rings. The molecule has 1 fully saturated rings. The maximum absolute atomic E-state index is 14.4. The van der Waals surface area contributed by atoms with Gasteiger partial charge in [-0.1, -0.05) is 99.1 Å². The average molecular weight is 1150 g/mol. The molecular weight excluding hydrogens is 1080 g/mol. The number of fused-ring (bicyclic) bond motifs is 3. The van der Waals surface area contributed by atoms with E-state index >= 15 is 0 Å². The highest BCUT2D eigenvalue weighted by Crippen LogP contribution is 2.33. The molecular formula is C58H68ClN11O10S. The first-order valence-corrected chi connectivity index (χ1v) is 27.8. The van der Waals surface area contributed by atoms with Gasteiger partial charge in [0.15, 0.2) is 0 Å². The molecule has 8 rings (SSSR count). The van der Waals surface area contributed by atoms with Gasteiger partial charge in [0, 0.05) is 48.6 Å². The Labute approximate surface area is 479 Å². The minimum atomic E-state index is -1.13. The highest BCUT2D eigenvalue weighted by atomic mass is 35.5. The van der Waals surface area contributed by atoms with Gasteiger partial charge in [-0.05, 0) is 66.3 Å². The van der Waals surface area contributed by atoms with E-state index in [9.17, 15) is 29.1 Å². The normalized spacial score (nSPS) is 15.6. The van der Waals surface area contributed by atoms with Crippen LogP contribution in [0.15, 0.2) is 108 Å². The third kappa shape index (κ3) is 15.7. The predicted molar refractivity (Wildman–Crippen MR) is 306 cm³/mol. The van der Waals surface area contributed by atoms with E-state index in [1.165, 1.54) is 9.91 Å². The molecule has 5 amide bonds. The molecule has 0 spiro atoms. The summed E-state index contributed by atoms with van der Waals surface area (Å²) in [6.45, 7) is 9.83. The number of β-amino-alcohol motifs (C(OH)–C–C–N with tert-alkyl or cyclic N) is 1. The summed E-state index contributed by atoms with van der Waals surface area (Å²) in [5.41, 5.74) is 7.43. The van der Waals surface area contributed by atoms with Gasteiger partial charge in [-0.2, -0.15) is 5.10 Å². The number of carbonyl (C=O) groups excluding carboxylic acids is 5. The van der Waals surface area contributed by atoms with Crippen molar-refractivity contribution in [3.8, 4) is 21.9 Å². The van der Waals surface area contributed by atoms with Crippen molar-refractivity contribution in [2.45, 2.75) is 78.2 Å². The zero-order chi connectivity index (χ0) is 57.6. The number of hydrazone groups is 1. The van der Waals surface area contributed by atoms with Gasteiger partial charge in [-0.3, -0.25) is 28.5 Å². The van der Waals surface area contributed by atoms with Gasteiger partial charge < -0.3 is 50.2 Å². The Morgan fingerprint density at radius 2 is 1.52 bits per heavy atom. The maximum Gasteiger partial charge on any atom is 0.252 e. The number of aromatic nitrogens is 4. The number of aliphatic hydroxyl groups excluding tert-OH is 1. The van der Waals surface area contributed by atoms with E-state index in [0.29, 0.717) is 28.3 Å². The van der Waals surface area contributed by atoms with Crippen molar-refractivity contribution in [1.29, 1.82) is 0 Å². The lowest BCUT2D eigenvalue weighted by atomic mass is 9.85. The number of nitrogens with one attached hydrogen (secondary N) is 4. The van der Waals surface area contributed by atoms with E-state index in [1.54, 1.807) is 56.9 Å². The standard InChI is InChI=1S/C58H68ClN11O10S/c1-36-52(81-35-62-36)41-14-12-39(13-15-41)31-61-55(75)48-29-43(71)32-68(48)56(76)53(58(3,4)5)64-54(74)46(28-38-10-8-7-9-11-38)63-50(73)34-80-27-26-79-25-24-78-23-22-60-49(72)33-69-57-66-65-37(2)70(57)47-21-20-44(77-6)30-45(47)51(67-69)40-16-18-42(59)19-17-40/h7-21,30,35,43,46,48,53,71H,22-29,31-34H2,1-6H3,(H,60,72)(H,61,75)(H,63,73)(H,64,74)/t43-,46+,48+,53-/m1/s1. The minimum absolute atomic E-state index is 0.0334. The van der Waals surface area contributed by atoms with E-state index in [2.05, 4.69) is 36.4 Å².